The number of nitrogens with zero attached hydrogens (tertiary/aromatic N) is 1. The second-order valence-corrected chi connectivity index (χ2v) is 5.56. The molecular formula is C18H21ClN2O2. The zero-order valence-electron chi connectivity index (χ0n) is 13.1. The Hall–Kier alpha value is -2.20. The number of nitrogens with two attached hydrogens (primary N) is 1. The van der Waals surface area contributed by atoms with Gasteiger partial charge in [-0.2, -0.15) is 0 Å². The minimum Gasteiger partial charge on any atom is -0.465 e. The van der Waals surface area contributed by atoms with Crippen LogP contribution in [0.1, 0.15) is 27.9 Å². The van der Waals surface area contributed by atoms with E-state index in [2.05, 4.69) is 11.0 Å². The van der Waals surface area contributed by atoms with Gasteiger partial charge in [-0.1, -0.05) is 18.2 Å². The number of ether oxygens (including phenoxy) is 1. The van der Waals surface area contributed by atoms with Crippen LogP contribution in [0.25, 0.3) is 0 Å². The van der Waals surface area contributed by atoms with E-state index in [1.165, 1.54) is 18.4 Å². The Morgan fingerprint density at radius 2 is 2.04 bits per heavy atom. The van der Waals surface area contributed by atoms with Crippen LogP contribution in [0.4, 0.5) is 11.4 Å². The number of fused-ring (bicyclic) bond motifs is 1. The lowest BCUT2D eigenvalue weighted by Crippen LogP contribution is -2.29. The smallest absolute Gasteiger partial charge is 0.337 e. The highest BCUT2D eigenvalue weighted by atomic mass is 35.5. The fraction of sp³-hybridized carbons (Fsp3) is 0.278. The molecule has 0 radical (unpaired) electrons. The normalized spacial score (nSPS) is 13.0. The minimum absolute atomic E-state index is 0. The molecule has 4 nitrogen and oxygen atoms in total. The first-order valence-electron chi connectivity index (χ1n) is 7.48. The van der Waals surface area contributed by atoms with Gasteiger partial charge in [-0.05, 0) is 48.2 Å². The molecule has 2 aromatic rings. The van der Waals surface area contributed by atoms with Crippen LogP contribution in [0.3, 0.4) is 0 Å². The second kappa shape index (κ2) is 7.38. The number of benzene rings is 2. The number of carbonyl (C=O) groups excluding carboxylic acids is 1. The topological polar surface area (TPSA) is 55.6 Å². The van der Waals surface area contributed by atoms with E-state index >= 15 is 0 Å². The van der Waals surface area contributed by atoms with E-state index < -0.39 is 0 Å². The Morgan fingerprint density at radius 3 is 2.83 bits per heavy atom. The van der Waals surface area contributed by atoms with Gasteiger partial charge in [0.05, 0.1) is 12.7 Å². The minimum atomic E-state index is -0.301. The standard InChI is InChI=1S/C18H20N2O2.ClH/c1-22-18(21)14-6-2-5-13(11-14)12-20-10-4-7-15-16(19)8-3-9-17(15)20;/h2-3,5-6,8-9,11H,4,7,10,12,19H2,1H3;1H. The second-order valence-electron chi connectivity index (χ2n) is 5.56. The van der Waals surface area contributed by atoms with Gasteiger partial charge in [-0.25, -0.2) is 4.79 Å². The van der Waals surface area contributed by atoms with E-state index in [0.29, 0.717) is 5.56 Å². The summed E-state index contributed by atoms with van der Waals surface area (Å²) in [5.74, 6) is -0.301. The number of anilines is 2. The van der Waals surface area contributed by atoms with Gasteiger partial charge < -0.3 is 15.4 Å². The maximum Gasteiger partial charge on any atom is 0.337 e. The summed E-state index contributed by atoms with van der Waals surface area (Å²) < 4.78 is 4.78. The number of carbonyl (C=O) groups is 1. The number of methoxy groups -OCH3 is 1. The zero-order chi connectivity index (χ0) is 15.5. The molecule has 2 aromatic carbocycles. The molecule has 0 unspecified atom stereocenters. The Kier molecular flexibility index (Phi) is 5.50. The van der Waals surface area contributed by atoms with Crippen molar-refractivity contribution in [3.8, 4) is 0 Å². The van der Waals surface area contributed by atoms with E-state index in [4.69, 9.17) is 10.5 Å². The van der Waals surface area contributed by atoms with Crippen LogP contribution in [-0.2, 0) is 17.7 Å². The summed E-state index contributed by atoms with van der Waals surface area (Å²) in [4.78, 5) is 14.0. The highest BCUT2D eigenvalue weighted by Crippen LogP contribution is 2.32. The predicted octanol–water partition coefficient (Wildman–Crippen LogP) is 3.43. The van der Waals surface area contributed by atoms with E-state index in [1.54, 1.807) is 6.07 Å². The summed E-state index contributed by atoms with van der Waals surface area (Å²) in [6.07, 6.45) is 2.12. The molecule has 0 atom stereocenters. The first-order chi connectivity index (χ1) is 10.7. The quantitative estimate of drug-likeness (QED) is 0.691. The van der Waals surface area contributed by atoms with Gasteiger partial charge in [0.2, 0.25) is 0 Å². The molecule has 122 valence electrons. The molecule has 0 saturated heterocycles. The van der Waals surface area contributed by atoms with Crippen LogP contribution < -0.4 is 10.6 Å². The van der Waals surface area contributed by atoms with Gasteiger partial charge in [-0.3, -0.25) is 0 Å². The van der Waals surface area contributed by atoms with Gasteiger partial charge in [0, 0.05) is 24.5 Å². The van der Waals surface area contributed by atoms with Crippen LogP contribution in [0.15, 0.2) is 42.5 Å². The molecule has 0 bridgehead atoms. The fourth-order valence-electron chi connectivity index (χ4n) is 3.03. The summed E-state index contributed by atoms with van der Waals surface area (Å²) in [5, 5.41) is 0. The Labute approximate surface area is 142 Å². The number of nitrogen functional groups attached to an aromatic ring is 1. The molecule has 1 aliphatic heterocycles. The molecule has 0 fully saturated rings. The monoisotopic (exact) mass is 332 g/mol. The molecular weight excluding hydrogens is 312 g/mol. The van der Waals surface area contributed by atoms with Crippen LogP contribution in [-0.4, -0.2) is 19.6 Å². The summed E-state index contributed by atoms with van der Waals surface area (Å²) >= 11 is 0. The molecule has 1 aliphatic rings. The van der Waals surface area contributed by atoms with Gasteiger partial charge >= 0.3 is 5.97 Å². The highest BCUT2D eigenvalue weighted by molar-refractivity contribution is 5.89. The summed E-state index contributed by atoms with van der Waals surface area (Å²) in [5.41, 5.74) is 11.1. The molecule has 1 heterocycles. The maximum atomic E-state index is 11.6. The van der Waals surface area contributed by atoms with E-state index in [-0.39, 0.29) is 18.4 Å². The molecule has 0 aromatic heterocycles. The Morgan fingerprint density at radius 1 is 1.26 bits per heavy atom. The molecule has 0 amide bonds. The first kappa shape index (κ1) is 17.2. The molecule has 3 rings (SSSR count). The lowest BCUT2D eigenvalue weighted by molar-refractivity contribution is 0.0600. The zero-order valence-corrected chi connectivity index (χ0v) is 13.9. The van der Waals surface area contributed by atoms with Crippen molar-refractivity contribution in [2.45, 2.75) is 19.4 Å². The molecule has 2 N–H and O–H groups in total. The lowest BCUT2D eigenvalue weighted by Gasteiger charge is -2.32. The number of hydrogen-bond donors (Lipinski definition) is 1. The number of hydrogen-bond acceptors (Lipinski definition) is 4. The van der Waals surface area contributed by atoms with Gasteiger partial charge in [0.1, 0.15) is 0 Å². The molecule has 0 aliphatic carbocycles. The van der Waals surface area contributed by atoms with Gasteiger partial charge in [0.25, 0.3) is 0 Å². The van der Waals surface area contributed by atoms with E-state index in [1.807, 2.05) is 30.3 Å². The van der Waals surface area contributed by atoms with Crippen molar-refractivity contribution in [2.24, 2.45) is 0 Å². The van der Waals surface area contributed by atoms with E-state index in [9.17, 15) is 4.79 Å². The SMILES string of the molecule is COC(=O)c1cccc(CN2CCCc3c(N)cccc32)c1.Cl. The molecule has 23 heavy (non-hydrogen) atoms. The predicted molar refractivity (Wildman–Crippen MR) is 95.3 cm³/mol. The molecule has 0 saturated carbocycles. The van der Waals surface area contributed by atoms with Crippen molar-refractivity contribution in [1.29, 1.82) is 0 Å². The summed E-state index contributed by atoms with van der Waals surface area (Å²) in [6.45, 7) is 1.76. The van der Waals surface area contributed by atoms with Crippen molar-refractivity contribution < 1.29 is 9.53 Å². The van der Waals surface area contributed by atoms with Crippen molar-refractivity contribution in [3.05, 3.63) is 59.2 Å². The van der Waals surface area contributed by atoms with Gasteiger partial charge in [-0.15, -0.1) is 12.4 Å². The third-order valence-corrected chi connectivity index (χ3v) is 4.10. The lowest BCUT2D eigenvalue weighted by atomic mass is 9.99. The number of rotatable bonds is 3. The molecule has 0 spiro atoms. The molecule has 5 heteroatoms. The van der Waals surface area contributed by atoms with Crippen LogP contribution in [0.2, 0.25) is 0 Å². The number of esters is 1. The number of halogens is 1. The fourth-order valence-corrected chi connectivity index (χ4v) is 3.03. The van der Waals surface area contributed by atoms with Gasteiger partial charge in [0.15, 0.2) is 0 Å². The van der Waals surface area contributed by atoms with Crippen molar-refractivity contribution in [1.82, 2.24) is 0 Å². The maximum absolute atomic E-state index is 11.6. The largest absolute Gasteiger partial charge is 0.465 e. The van der Waals surface area contributed by atoms with Crippen LogP contribution in [0.5, 0.6) is 0 Å². The first-order valence-corrected chi connectivity index (χ1v) is 7.48. The van der Waals surface area contributed by atoms with Crippen molar-refractivity contribution in [2.75, 3.05) is 24.3 Å². The van der Waals surface area contributed by atoms with E-state index in [0.717, 1.165) is 37.2 Å². The van der Waals surface area contributed by atoms with Crippen molar-refractivity contribution >= 4 is 29.8 Å². The van der Waals surface area contributed by atoms with Crippen LogP contribution >= 0.6 is 12.4 Å². The highest BCUT2D eigenvalue weighted by Gasteiger charge is 2.19. The van der Waals surface area contributed by atoms with Crippen LogP contribution in [0, 0.1) is 0 Å². The Bertz CT molecular complexity index is 703. The average molecular weight is 333 g/mol. The average Bonchev–Trinajstić information content (AvgIpc) is 2.55. The Balaban J connectivity index is 0.00000192. The third kappa shape index (κ3) is 3.59. The summed E-state index contributed by atoms with van der Waals surface area (Å²) in [7, 11) is 1.40. The van der Waals surface area contributed by atoms with Crippen molar-refractivity contribution in [3.63, 3.8) is 0 Å². The third-order valence-electron chi connectivity index (χ3n) is 4.10. The summed E-state index contributed by atoms with van der Waals surface area (Å²) in [6, 6.07) is 13.7.